The molecule has 0 aromatic carbocycles. The van der Waals surface area contributed by atoms with E-state index in [0.29, 0.717) is 13.0 Å². The van der Waals surface area contributed by atoms with Crippen molar-refractivity contribution >= 4 is 5.97 Å². The molecule has 0 fully saturated rings. The molecule has 0 aliphatic rings. The number of ether oxygens (including phenoxy) is 2. The summed E-state index contributed by atoms with van der Waals surface area (Å²) in [6.07, 6.45) is -1.26. The number of halogens is 2. The third-order valence-electron chi connectivity index (χ3n) is 1.92. The van der Waals surface area contributed by atoms with Gasteiger partial charge in [-0.3, -0.25) is 4.79 Å². The summed E-state index contributed by atoms with van der Waals surface area (Å²) in [6, 6.07) is -0.484. The van der Waals surface area contributed by atoms with Gasteiger partial charge < -0.3 is 14.8 Å². The van der Waals surface area contributed by atoms with Gasteiger partial charge in [-0.25, -0.2) is 8.78 Å². The Kier molecular flexibility index (Phi) is 9.03. The second kappa shape index (κ2) is 9.47. The van der Waals surface area contributed by atoms with Gasteiger partial charge in [0.25, 0.3) is 6.43 Å². The smallest absolute Gasteiger partial charge is 0.322 e. The molecule has 0 bridgehead atoms. The fourth-order valence-electron chi connectivity index (χ4n) is 1.14. The molecule has 0 aliphatic heterocycles. The maximum absolute atomic E-state index is 11.8. The third-order valence-corrected chi connectivity index (χ3v) is 1.92. The molecule has 1 unspecified atom stereocenters. The SMILES string of the molecule is CCCNC(CCOCC(F)F)C(=O)OC. The van der Waals surface area contributed by atoms with Crippen LogP contribution in [0.4, 0.5) is 8.78 Å². The number of esters is 1. The summed E-state index contributed by atoms with van der Waals surface area (Å²) in [5.41, 5.74) is 0. The summed E-state index contributed by atoms with van der Waals surface area (Å²) >= 11 is 0. The quantitative estimate of drug-likeness (QED) is 0.485. The Morgan fingerprint density at radius 2 is 2.12 bits per heavy atom. The van der Waals surface area contributed by atoms with E-state index in [1.54, 1.807) is 0 Å². The van der Waals surface area contributed by atoms with Crippen LogP contribution < -0.4 is 5.32 Å². The van der Waals surface area contributed by atoms with Crippen molar-refractivity contribution in [2.24, 2.45) is 0 Å². The molecule has 4 nitrogen and oxygen atoms in total. The van der Waals surface area contributed by atoms with Crippen LogP contribution in [0.3, 0.4) is 0 Å². The second-order valence-electron chi connectivity index (χ2n) is 3.28. The fourth-order valence-corrected chi connectivity index (χ4v) is 1.14. The summed E-state index contributed by atoms with van der Waals surface area (Å²) in [7, 11) is 1.29. The molecule has 1 atom stereocenters. The van der Waals surface area contributed by atoms with Gasteiger partial charge in [0, 0.05) is 6.61 Å². The van der Waals surface area contributed by atoms with Crippen molar-refractivity contribution in [3.05, 3.63) is 0 Å². The first kappa shape index (κ1) is 15.2. The van der Waals surface area contributed by atoms with Crippen LogP contribution in [0.25, 0.3) is 0 Å². The summed E-state index contributed by atoms with van der Waals surface area (Å²) in [6.45, 7) is 2.16. The molecule has 1 N–H and O–H groups in total. The van der Waals surface area contributed by atoms with E-state index in [1.807, 2.05) is 6.92 Å². The maximum Gasteiger partial charge on any atom is 0.322 e. The zero-order valence-corrected chi connectivity index (χ0v) is 9.67. The van der Waals surface area contributed by atoms with Crippen molar-refractivity contribution in [3.8, 4) is 0 Å². The highest BCUT2D eigenvalue weighted by Gasteiger charge is 2.17. The molecule has 96 valence electrons. The van der Waals surface area contributed by atoms with Gasteiger partial charge in [0.1, 0.15) is 12.6 Å². The van der Waals surface area contributed by atoms with Gasteiger partial charge in [-0.1, -0.05) is 6.92 Å². The molecule has 0 saturated carbocycles. The van der Waals surface area contributed by atoms with Crippen LogP contribution in [0.15, 0.2) is 0 Å². The molecule has 6 heteroatoms. The predicted molar refractivity (Wildman–Crippen MR) is 55.5 cm³/mol. The van der Waals surface area contributed by atoms with E-state index in [2.05, 4.69) is 10.1 Å². The number of nitrogens with one attached hydrogen (secondary N) is 1. The lowest BCUT2D eigenvalue weighted by Crippen LogP contribution is -2.39. The van der Waals surface area contributed by atoms with E-state index in [0.717, 1.165) is 6.42 Å². The topological polar surface area (TPSA) is 47.6 Å². The van der Waals surface area contributed by atoms with Crippen molar-refractivity contribution in [2.45, 2.75) is 32.2 Å². The number of rotatable bonds is 9. The number of alkyl halides is 2. The van der Waals surface area contributed by atoms with Gasteiger partial charge in [-0.05, 0) is 19.4 Å². The minimum atomic E-state index is -2.47. The van der Waals surface area contributed by atoms with Crippen molar-refractivity contribution in [3.63, 3.8) is 0 Å². The van der Waals surface area contributed by atoms with E-state index in [4.69, 9.17) is 4.74 Å². The highest BCUT2D eigenvalue weighted by molar-refractivity contribution is 5.75. The largest absolute Gasteiger partial charge is 0.468 e. The van der Waals surface area contributed by atoms with Gasteiger partial charge in [-0.2, -0.15) is 0 Å². The van der Waals surface area contributed by atoms with Crippen LogP contribution >= 0.6 is 0 Å². The standard InChI is InChI=1S/C10H19F2NO3/c1-3-5-13-8(10(14)15-2)4-6-16-7-9(11)12/h8-9,13H,3-7H2,1-2H3. The van der Waals surface area contributed by atoms with Gasteiger partial charge in [0.2, 0.25) is 0 Å². The minimum Gasteiger partial charge on any atom is -0.468 e. The van der Waals surface area contributed by atoms with Crippen LogP contribution in [0.2, 0.25) is 0 Å². The van der Waals surface area contributed by atoms with Crippen molar-refractivity contribution < 1.29 is 23.0 Å². The first-order valence-corrected chi connectivity index (χ1v) is 5.28. The molecule has 0 spiro atoms. The minimum absolute atomic E-state index is 0.112. The first-order valence-electron chi connectivity index (χ1n) is 5.28. The molecule has 0 saturated heterocycles. The summed E-state index contributed by atoms with van der Waals surface area (Å²) < 4.78 is 32.8. The van der Waals surface area contributed by atoms with Crippen LogP contribution in [0.5, 0.6) is 0 Å². The molecule has 16 heavy (non-hydrogen) atoms. The van der Waals surface area contributed by atoms with E-state index in [9.17, 15) is 13.6 Å². The fraction of sp³-hybridized carbons (Fsp3) is 0.900. The Hall–Kier alpha value is -0.750. The zero-order valence-electron chi connectivity index (χ0n) is 9.67. The molecule has 0 aliphatic carbocycles. The molecule has 0 amide bonds. The van der Waals surface area contributed by atoms with E-state index in [1.165, 1.54) is 7.11 Å². The van der Waals surface area contributed by atoms with Gasteiger partial charge in [0.15, 0.2) is 0 Å². The predicted octanol–water partition coefficient (Wildman–Crippen LogP) is 1.20. The Labute approximate surface area is 94.3 Å². The van der Waals surface area contributed by atoms with Gasteiger partial charge in [-0.15, -0.1) is 0 Å². The maximum atomic E-state index is 11.8. The molecule has 0 rings (SSSR count). The Balaban J connectivity index is 3.78. The van der Waals surface area contributed by atoms with E-state index >= 15 is 0 Å². The average Bonchev–Trinajstić information content (AvgIpc) is 2.26. The Bertz CT molecular complexity index is 191. The van der Waals surface area contributed by atoms with E-state index in [-0.39, 0.29) is 6.61 Å². The van der Waals surface area contributed by atoms with Crippen LogP contribution in [-0.4, -0.2) is 45.3 Å². The lowest BCUT2D eigenvalue weighted by Gasteiger charge is -2.15. The normalized spacial score (nSPS) is 12.8. The summed E-state index contributed by atoms with van der Waals surface area (Å²) in [5.74, 6) is -0.394. The highest BCUT2D eigenvalue weighted by atomic mass is 19.3. The Morgan fingerprint density at radius 1 is 1.44 bits per heavy atom. The van der Waals surface area contributed by atoms with Crippen molar-refractivity contribution in [1.82, 2.24) is 5.32 Å². The van der Waals surface area contributed by atoms with Crippen LogP contribution in [0.1, 0.15) is 19.8 Å². The number of methoxy groups -OCH3 is 1. The third kappa shape index (κ3) is 7.53. The zero-order chi connectivity index (χ0) is 12.4. The number of carbonyl (C=O) groups excluding carboxylic acids is 1. The molecular formula is C10H19F2NO3. The molecular weight excluding hydrogens is 220 g/mol. The van der Waals surface area contributed by atoms with Crippen molar-refractivity contribution in [1.29, 1.82) is 0 Å². The van der Waals surface area contributed by atoms with E-state index < -0.39 is 25.0 Å². The highest BCUT2D eigenvalue weighted by Crippen LogP contribution is 1.99. The lowest BCUT2D eigenvalue weighted by molar-refractivity contribution is -0.143. The molecule has 0 aromatic heterocycles. The first-order chi connectivity index (χ1) is 7.61. The Morgan fingerprint density at radius 3 is 2.62 bits per heavy atom. The number of carbonyl (C=O) groups is 1. The number of hydrogen-bond acceptors (Lipinski definition) is 4. The van der Waals surface area contributed by atoms with Crippen LogP contribution in [0, 0.1) is 0 Å². The van der Waals surface area contributed by atoms with Gasteiger partial charge >= 0.3 is 5.97 Å². The number of hydrogen-bond donors (Lipinski definition) is 1. The van der Waals surface area contributed by atoms with Crippen molar-refractivity contribution in [2.75, 3.05) is 26.9 Å². The lowest BCUT2D eigenvalue weighted by atomic mass is 10.2. The molecule has 0 aromatic rings. The second-order valence-corrected chi connectivity index (χ2v) is 3.28. The average molecular weight is 239 g/mol. The van der Waals surface area contributed by atoms with Gasteiger partial charge in [0.05, 0.1) is 7.11 Å². The summed E-state index contributed by atoms with van der Waals surface area (Å²) in [5, 5.41) is 2.97. The molecule has 0 heterocycles. The van der Waals surface area contributed by atoms with Crippen LogP contribution in [-0.2, 0) is 14.3 Å². The molecule has 0 radical (unpaired) electrons. The summed E-state index contributed by atoms with van der Waals surface area (Å²) in [4.78, 5) is 11.3. The monoisotopic (exact) mass is 239 g/mol.